The van der Waals surface area contributed by atoms with E-state index in [2.05, 4.69) is 181 Å². The average Bonchev–Trinajstić information content (AvgIpc) is 3.96. The maximum Gasteiger partial charge on any atom is 0.147 e. The Labute approximate surface area is 325 Å². The highest BCUT2D eigenvalue weighted by molar-refractivity contribution is 7.27. The van der Waals surface area contributed by atoms with Crippen LogP contribution < -0.4 is 4.90 Å². The Bertz CT molecular complexity index is 3460. The lowest BCUT2D eigenvalue weighted by atomic mass is 9.98. The van der Waals surface area contributed by atoms with Crippen LogP contribution in [0, 0.1) is 0 Å². The summed E-state index contributed by atoms with van der Waals surface area (Å²) in [6.07, 6.45) is 0. The van der Waals surface area contributed by atoms with Crippen LogP contribution in [0.25, 0.3) is 97.1 Å². The molecule has 12 rings (SSSR count). The van der Waals surface area contributed by atoms with Gasteiger partial charge in [-0.05, 0) is 87.6 Å². The van der Waals surface area contributed by atoms with Crippen LogP contribution in [0.4, 0.5) is 17.1 Å². The first-order chi connectivity index (χ1) is 27.8. The van der Waals surface area contributed by atoms with Crippen LogP contribution in [-0.2, 0) is 0 Å². The van der Waals surface area contributed by atoms with Gasteiger partial charge < -0.3 is 13.7 Å². The van der Waals surface area contributed by atoms with Crippen LogP contribution in [0.15, 0.2) is 197 Å². The van der Waals surface area contributed by atoms with Gasteiger partial charge in [-0.2, -0.15) is 0 Å². The Morgan fingerprint density at radius 2 is 0.982 bits per heavy atom. The van der Waals surface area contributed by atoms with Gasteiger partial charge in [0.1, 0.15) is 22.3 Å². The molecule has 0 aliphatic heterocycles. The third kappa shape index (κ3) is 4.70. The highest BCUT2D eigenvalue weighted by atomic mass is 32.1. The second-order valence-electron chi connectivity index (χ2n) is 14.4. The molecule has 0 radical (unpaired) electrons. The van der Waals surface area contributed by atoms with Crippen molar-refractivity contribution in [2.75, 3.05) is 4.90 Å². The van der Waals surface area contributed by atoms with Crippen molar-refractivity contribution >= 4 is 103 Å². The molecule has 0 saturated heterocycles. The Kier molecular flexibility index (Phi) is 6.80. The summed E-state index contributed by atoms with van der Waals surface area (Å²) < 4.78 is 15.6. The Morgan fingerprint density at radius 1 is 0.357 bits per heavy atom. The van der Waals surface area contributed by atoms with E-state index in [1.165, 1.54) is 42.1 Å². The molecule has 0 aliphatic carbocycles. The number of benzene rings is 9. The molecular formula is C52H31NO2S. The summed E-state index contributed by atoms with van der Waals surface area (Å²) in [7, 11) is 0. The molecule has 3 aromatic heterocycles. The van der Waals surface area contributed by atoms with Crippen LogP contribution in [0.5, 0.6) is 0 Å². The summed E-state index contributed by atoms with van der Waals surface area (Å²) in [6.45, 7) is 0. The lowest BCUT2D eigenvalue weighted by Crippen LogP contribution is -2.10. The molecule has 0 atom stereocenters. The first-order valence-corrected chi connectivity index (χ1v) is 19.7. The van der Waals surface area contributed by atoms with Crippen molar-refractivity contribution in [3.05, 3.63) is 188 Å². The van der Waals surface area contributed by atoms with Gasteiger partial charge in [0.25, 0.3) is 0 Å². The van der Waals surface area contributed by atoms with Crippen molar-refractivity contribution in [2.24, 2.45) is 0 Å². The van der Waals surface area contributed by atoms with E-state index >= 15 is 0 Å². The lowest BCUT2D eigenvalue weighted by molar-refractivity contribution is 0.663. The molecule has 3 nitrogen and oxygen atoms in total. The second kappa shape index (κ2) is 12.2. The van der Waals surface area contributed by atoms with Crippen LogP contribution in [-0.4, -0.2) is 0 Å². The van der Waals surface area contributed by atoms with E-state index in [0.717, 1.165) is 72.1 Å². The SMILES string of the molecule is c1ccc(-c2ccc(N(c3ccc(-c4cccc5oc6ccc7c8ccccc8oc7c6c45)cc3)c3cccc4c3sc3c5ccccc5ccc43)cc2)cc1. The molecule has 0 bridgehead atoms. The van der Waals surface area contributed by atoms with Crippen molar-refractivity contribution in [2.45, 2.75) is 0 Å². The van der Waals surface area contributed by atoms with Gasteiger partial charge in [0, 0.05) is 43.0 Å². The smallest absolute Gasteiger partial charge is 0.147 e. The van der Waals surface area contributed by atoms with Crippen molar-refractivity contribution in [3.63, 3.8) is 0 Å². The van der Waals surface area contributed by atoms with E-state index in [-0.39, 0.29) is 0 Å². The molecule has 262 valence electrons. The van der Waals surface area contributed by atoms with Crippen molar-refractivity contribution in [1.82, 2.24) is 0 Å². The second-order valence-corrected chi connectivity index (χ2v) is 15.4. The van der Waals surface area contributed by atoms with E-state index in [1.807, 2.05) is 23.5 Å². The van der Waals surface area contributed by atoms with E-state index in [1.54, 1.807) is 0 Å². The number of para-hydroxylation sites is 1. The molecule has 0 aliphatic rings. The van der Waals surface area contributed by atoms with Crippen LogP contribution in [0.1, 0.15) is 0 Å². The highest BCUT2D eigenvalue weighted by Gasteiger charge is 2.21. The van der Waals surface area contributed by atoms with Gasteiger partial charge in [-0.15, -0.1) is 11.3 Å². The van der Waals surface area contributed by atoms with E-state index in [0.29, 0.717) is 0 Å². The third-order valence-corrected chi connectivity index (χ3v) is 12.6. The van der Waals surface area contributed by atoms with Gasteiger partial charge in [-0.25, -0.2) is 0 Å². The minimum absolute atomic E-state index is 0.824. The lowest BCUT2D eigenvalue weighted by Gasteiger charge is -2.26. The Balaban J connectivity index is 1.04. The summed E-state index contributed by atoms with van der Waals surface area (Å²) in [5, 5.41) is 9.40. The molecule has 0 N–H and O–H groups in total. The van der Waals surface area contributed by atoms with E-state index in [4.69, 9.17) is 8.83 Å². The highest BCUT2D eigenvalue weighted by Crippen LogP contribution is 2.48. The standard InChI is InChI=1S/C52H31NO2S/c1-2-10-32(11-3-1)33-20-25-36(26-21-33)53(44-17-8-16-42-43-29-24-34-12-4-5-13-39(34)51(43)56-52(42)44)37-27-22-35(23-28-37)38-15-9-19-46-48(38)49-47(54-46)31-30-41-40-14-6-7-18-45(40)55-50(41)49/h1-31H. The largest absolute Gasteiger partial charge is 0.456 e. The Hall–Kier alpha value is -7.14. The van der Waals surface area contributed by atoms with Crippen molar-refractivity contribution in [1.29, 1.82) is 0 Å². The molecule has 4 heteroatoms. The molecule has 9 aromatic carbocycles. The van der Waals surface area contributed by atoms with Gasteiger partial charge in [0.05, 0.1) is 15.8 Å². The van der Waals surface area contributed by atoms with E-state index in [9.17, 15) is 0 Å². The summed E-state index contributed by atoms with van der Waals surface area (Å²) in [6, 6.07) is 67.2. The molecule has 0 amide bonds. The fraction of sp³-hybridized carbons (Fsp3) is 0. The molecule has 0 fully saturated rings. The summed E-state index contributed by atoms with van der Waals surface area (Å²) in [4.78, 5) is 2.41. The molecule has 3 heterocycles. The minimum Gasteiger partial charge on any atom is -0.456 e. The van der Waals surface area contributed by atoms with Crippen LogP contribution in [0.2, 0.25) is 0 Å². The van der Waals surface area contributed by atoms with Crippen LogP contribution >= 0.6 is 11.3 Å². The van der Waals surface area contributed by atoms with Gasteiger partial charge >= 0.3 is 0 Å². The number of hydrogen-bond acceptors (Lipinski definition) is 4. The normalized spacial score (nSPS) is 11.9. The predicted octanol–water partition coefficient (Wildman–Crippen LogP) is 15.8. The zero-order chi connectivity index (χ0) is 36.7. The number of anilines is 3. The number of thiophene rings is 1. The monoisotopic (exact) mass is 733 g/mol. The molecular weight excluding hydrogens is 703 g/mol. The number of nitrogens with zero attached hydrogens (tertiary/aromatic N) is 1. The Morgan fingerprint density at radius 3 is 1.82 bits per heavy atom. The maximum absolute atomic E-state index is 6.52. The van der Waals surface area contributed by atoms with Gasteiger partial charge in [-0.3, -0.25) is 0 Å². The molecule has 0 saturated carbocycles. The van der Waals surface area contributed by atoms with E-state index < -0.39 is 0 Å². The first-order valence-electron chi connectivity index (χ1n) is 18.9. The van der Waals surface area contributed by atoms with Gasteiger partial charge in [0.15, 0.2) is 0 Å². The summed E-state index contributed by atoms with van der Waals surface area (Å²) >= 11 is 1.88. The number of fused-ring (bicyclic) bond motifs is 12. The maximum atomic E-state index is 6.52. The molecule has 12 aromatic rings. The zero-order valence-electron chi connectivity index (χ0n) is 30.1. The van der Waals surface area contributed by atoms with Gasteiger partial charge in [-0.1, -0.05) is 133 Å². The summed E-state index contributed by atoms with van der Waals surface area (Å²) in [5.74, 6) is 0. The van der Waals surface area contributed by atoms with Crippen LogP contribution in [0.3, 0.4) is 0 Å². The predicted molar refractivity (Wildman–Crippen MR) is 237 cm³/mol. The quantitative estimate of drug-likeness (QED) is 0.176. The molecule has 0 unspecified atom stereocenters. The van der Waals surface area contributed by atoms with Crippen molar-refractivity contribution in [3.8, 4) is 22.3 Å². The minimum atomic E-state index is 0.824. The average molecular weight is 734 g/mol. The summed E-state index contributed by atoms with van der Waals surface area (Å²) in [5.41, 5.74) is 11.4. The number of furan rings is 2. The fourth-order valence-electron chi connectivity index (χ4n) is 8.66. The zero-order valence-corrected chi connectivity index (χ0v) is 30.9. The topological polar surface area (TPSA) is 29.5 Å². The first kappa shape index (κ1) is 31.2. The number of hydrogen-bond donors (Lipinski definition) is 0. The fourth-order valence-corrected chi connectivity index (χ4v) is 10.0. The number of rotatable bonds is 5. The molecule has 0 spiro atoms. The van der Waals surface area contributed by atoms with Crippen molar-refractivity contribution < 1.29 is 8.83 Å². The molecule has 56 heavy (non-hydrogen) atoms. The third-order valence-electron chi connectivity index (χ3n) is 11.3. The van der Waals surface area contributed by atoms with Gasteiger partial charge in [0.2, 0.25) is 0 Å².